The molecule has 86 valence electrons. The maximum atomic E-state index is 8.95. The Morgan fingerprint density at radius 3 is 2.28 bits per heavy atom. The van der Waals surface area contributed by atoms with Crippen LogP contribution in [-0.4, -0.2) is 5.33 Å². The van der Waals surface area contributed by atoms with E-state index in [4.69, 9.17) is 10.5 Å². The zero-order chi connectivity index (χ0) is 13.0. The van der Waals surface area contributed by atoms with Crippen LogP contribution in [0.15, 0.2) is 48.0 Å². The Hall–Kier alpha value is -2.10. The lowest BCUT2D eigenvalue weighted by molar-refractivity contribution is 1.45. The summed E-state index contributed by atoms with van der Waals surface area (Å²) < 4.78 is 0. The number of allylic oxidation sites excluding steroid dienone is 2. The summed E-state index contributed by atoms with van der Waals surface area (Å²) in [5, 5.41) is 20.6. The zero-order valence-electron chi connectivity index (χ0n) is 9.52. The molecule has 0 radical (unpaired) electrons. The second-order valence-electron chi connectivity index (χ2n) is 3.77. The van der Waals surface area contributed by atoms with E-state index in [1.54, 1.807) is 0 Å². The van der Waals surface area contributed by atoms with Crippen LogP contribution < -0.4 is 0 Å². The van der Waals surface area contributed by atoms with Crippen molar-refractivity contribution >= 4 is 32.3 Å². The van der Waals surface area contributed by atoms with Crippen LogP contribution in [0.3, 0.4) is 0 Å². The fourth-order valence-electron chi connectivity index (χ4n) is 1.83. The Morgan fingerprint density at radius 1 is 1.00 bits per heavy atom. The lowest BCUT2D eigenvalue weighted by atomic mass is 9.99. The Balaban J connectivity index is 2.65. The molecule has 0 fully saturated rings. The van der Waals surface area contributed by atoms with E-state index in [1.807, 2.05) is 54.6 Å². The molecule has 0 atom stereocenters. The highest BCUT2D eigenvalue weighted by atomic mass is 79.9. The second-order valence-corrected chi connectivity index (χ2v) is 4.33. The standard InChI is InChI=1S/C15H9BrN2/c16-8-15(14(9-17)10-18)13-6-5-11-3-1-2-4-12(11)7-13/h1-7H,8H2. The first-order chi connectivity index (χ1) is 8.80. The highest BCUT2D eigenvalue weighted by Crippen LogP contribution is 2.24. The normalized spacial score (nSPS) is 9.50. The molecule has 0 amide bonds. The molecule has 0 bridgehead atoms. The van der Waals surface area contributed by atoms with Crippen molar-refractivity contribution in [2.45, 2.75) is 0 Å². The van der Waals surface area contributed by atoms with Crippen LogP contribution in [0.25, 0.3) is 16.3 Å². The van der Waals surface area contributed by atoms with Gasteiger partial charge >= 0.3 is 0 Å². The van der Waals surface area contributed by atoms with Gasteiger partial charge in [0.1, 0.15) is 17.7 Å². The van der Waals surface area contributed by atoms with Gasteiger partial charge in [0, 0.05) is 5.33 Å². The summed E-state index contributed by atoms with van der Waals surface area (Å²) in [5.74, 6) is 0. The van der Waals surface area contributed by atoms with Gasteiger partial charge in [-0.3, -0.25) is 0 Å². The molecule has 2 aromatic rings. The highest BCUT2D eigenvalue weighted by molar-refractivity contribution is 9.09. The lowest BCUT2D eigenvalue weighted by Crippen LogP contribution is -1.91. The number of nitrogens with zero attached hydrogens (tertiary/aromatic N) is 2. The van der Waals surface area contributed by atoms with E-state index in [2.05, 4.69) is 15.9 Å². The molecule has 2 nitrogen and oxygen atoms in total. The SMILES string of the molecule is N#CC(C#N)=C(CBr)c1ccc2ccccc2c1. The number of alkyl halides is 1. The molecule has 0 saturated heterocycles. The predicted molar refractivity (Wildman–Crippen MR) is 75.9 cm³/mol. The summed E-state index contributed by atoms with van der Waals surface area (Å²) in [5.41, 5.74) is 1.79. The average molecular weight is 297 g/mol. The molecule has 0 aliphatic carbocycles. The van der Waals surface area contributed by atoms with Crippen molar-refractivity contribution in [2.75, 3.05) is 5.33 Å². The number of halogens is 1. The molecule has 18 heavy (non-hydrogen) atoms. The Bertz CT molecular complexity index is 686. The van der Waals surface area contributed by atoms with Gasteiger partial charge in [-0.1, -0.05) is 52.3 Å². The van der Waals surface area contributed by atoms with Crippen LogP contribution in [0, 0.1) is 22.7 Å². The second kappa shape index (κ2) is 5.49. The number of fused-ring (bicyclic) bond motifs is 1. The van der Waals surface area contributed by atoms with Crippen molar-refractivity contribution < 1.29 is 0 Å². The molecule has 0 unspecified atom stereocenters. The minimum absolute atomic E-state index is 0.155. The molecule has 2 rings (SSSR count). The minimum atomic E-state index is 0.155. The van der Waals surface area contributed by atoms with Crippen molar-refractivity contribution in [3.05, 3.63) is 53.6 Å². The van der Waals surface area contributed by atoms with Crippen molar-refractivity contribution in [1.82, 2.24) is 0 Å². The van der Waals surface area contributed by atoms with Gasteiger partial charge in [0.05, 0.1) is 0 Å². The quantitative estimate of drug-likeness (QED) is 0.620. The average Bonchev–Trinajstić information content (AvgIpc) is 2.44. The molecule has 0 heterocycles. The van der Waals surface area contributed by atoms with E-state index in [0.717, 1.165) is 21.9 Å². The van der Waals surface area contributed by atoms with Crippen molar-refractivity contribution in [3.63, 3.8) is 0 Å². The van der Waals surface area contributed by atoms with E-state index in [1.165, 1.54) is 0 Å². The summed E-state index contributed by atoms with van der Waals surface area (Å²) in [6.45, 7) is 0. The van der Waals surface area contributed by atoms with Crippen LogP contribution in [0.2, 0.25) is 0 Å². The van der Waals surface area contributed by atoms with Gasteiger partial charge < -0.3 is 0 Å². The molecular weight excluding hydrogens is 288 g/mol. The first-order valence-corrected chi connectivity index (χ1v) is 6.50. The van der Waals surface area contributed by atoms with E-state index in [9.17, 15) is 0 Å². The molecule has 0 aromatic heterocycles. The summed E-state index contributed by atoms with van der Waals surface area (Å²) in [4.78, 5) is 0. The number of rotatable bonds is 2. The molecular formula is C15H9BrN2. The van der Waals surface area contributed by atoms with Gasteiger partial charge in [-0.15, -0.1) is 0 Å². The van der Waals surface area contributed by atoms with Crippen LogP contribution in [0.1, 0.15) is 5.56 Å². The number of hydrogen-bond donors (Lipinski definition) is 0. The Morgan fingerprint density at radius 2 is 1.67 bits per heavy atom. The smallest absolute Gasteiger partial charge is 0.134 e. The van der Waals surface area contributed by atoms with Crippen molar-refractivity contribution in [1.29, 1.82) is 10.5 Å². The molecule has 0 N–H and O–H groups in total. The largest absolute Gasteiger partial charge is 0.192 e. The van der Waals surface area contributed by atoms with Gasteiger partial charge in [0.2, 0.25) is 0 Å². The van der Waals surface area contributed by atoms with Gasteiger partial charge in [-0.05, 0) is 28.0 Å². The predicted octanol–water partition coefficient (Wildman–Crippen LogP) is 4.04. The number of nitriles is 2. The molecule has 0 aliphatic heterocycles. The summed E-state index contributed by atoms with van der Waals surface area (Å²) in [7, 11) is 0. The number of hydrogen-bond acceptors (Lipinski definition) is 2. The third-order valence-corrected chi connectivity index (χ3v) is 3.32. The third-order valence-electron chi connectivity index (χ3n) is 2.76. The van der Waals surface area contributed by atoms with Gasteiger partial charge in [-0.2, -0.15) is 10.5 Å². The van der Waals surface area contributed by atoms with Crippen molar-refractivity contribution in [3.8, 4) is 12.1 Å². The van der Waals surface area contributed by atoms with Crippen LogP contribution in [0.4, 0.5) is 0 Å². The lowest BCUT2D eigenvalue weighted by Gasteiger charge is -2.06. The first kappa shape index (κ1) is 12.4. The van der Waals surface area contributed by atoms with Crippen molar-refractivity contribution in [2.24, 2.45) is 0 Å². The highest BCUT2D eigenvalue weighted by Gasteiger charge is 2.08. The fourth-order valence-corrected chi connectivity index (χ4v) is 2.43. The molecule has 0 aliphatic rings. The Labute approximate surface area is 114 Å². The Kier molecular flexibility index (Phi) is 3.77. The van der Waals surface area contributed by atoms with E-state index in [0.29, 0.717) is 5.33 Å². The zero-order valence-corrected chi connectivity index (χ0v) is 11.1. The maximum absolute atomic E-state index is 8.95. The van der Waals surface area contributed by atoms with E-state index >= 15 is 0 Å². The minimum Gasteiger partial charge on any atom is -0.192 e. The van der Waals surface area contributed by atoms with Crippen LogP contribution >= 0.6 is 15.9 Å². The summed E-state index contributed by atoms with van der Waals surface area (Å²) in [6, 6.07) is 17.8. The molecule has 3 heteroatoms. The first-order valence-electron chi connectivity index (χ1n) is 5.38. The third kappa shape index (κ3) is 2.27. The molecule has 0 saturated carbocycles. The topological polar surface area (TPSA) is 47.6 Å². The van der Waals surface area contributed by atoms with Gasteiger partial charge in [-0.25, -0.2) is 0 Å². The maximum Gasteiger partial charge on any atom is 0.134 e. The van der Waals surface area contributed by atoms with Crippen LogP contribution in [-0.2, 0) is 0 Å². The fraction of sp³-hybridized carbons (Fsp3) is 0.0667. The van der Waals surface area contributed by atoms with Crippen LogP contribution in [0.5, 0.6) is 0 Å². The monoisotopic (exact) mass is 296 g/mol. The number of benzene rings is 2. The molecule has 2 aromatic carbocycles. The van der Waals surface area contributed by atoms with E-state index in [-0.39, 0.29) is 5.57 Å². The summed E-state index contributed by atoms with van der Waals surface area (Å²) >= 11 is 3.34. The van der Waals surface area contributed by atoms with Gasteiger partial charge in [0.15, 0.2) is 0 Å². The van der Waals surface area contributed by atoms with E-state index < -0.39 is 0 Å². The van der Waals surface area contributed by atoms with Gasteiger partial charge in [0.25, 0.3) is 0 Å². The molecule has 0 spiro atoms. The summed E-state index contributed by atoms with van der Waals surface area (Å²) in [6.07, 6.45) is 0.